The first kappa shape index (κ1) is 7.59. The molecule has 0 amide bonds. The summed E-state index contributed by atoms with van der Waals surface area (Å²) < 4.78 is 0. The second kappa shape index (κ2) is 5.28. The van der Waals surface area contributed by atoms with E-state index in [1.807, 2.05) is 0 Å². The van der Waals surface area contributed by atoms with Crippen molar-refractivity contribution in [3.8, 4) is 0 Å². The molecular formula is C10H15. The van der Waals surface area contributed by atoms with Crippen LogP contribution in [0.4, 0.5) is 0 Å². The molecule has 0 aromatic rings. The molecule has 0 aliphatic heterocycles. The van der Waals surface area contributed by atoms with Gasteiger partial charge in [0.25, 0.3) is 0 Å². The van der Waals surface area contributed by atoms with Crippen LogP contribution in [0.2, 0.25) is 0 Å². The van der Waals surface area contributed by atoms with Crippen molar-refractivity contribution >= 4 is 0 Å². The molecular weight excluding hydrogens is 120 g/mol. The Morgan fingerprint density at radius 3 is 2.70 bits per heavy atom. The van der Waals surface area contributed by atoms with Gasteiger partial charge in [0.05, 0.1) is 0 Å². The van der Waals surface area contributed by atoms with E-state index in [0.717, 1.165) is 6.42 Å². The highest BCUT2D eigenvalue weighted by Crippen LogP contribution is 2.06. The number of rotatable bonds is 0. The van der Waals surface area contributed by atoms with Crippen molar-refractivity contribution in [3.05, 3.63) is 30.7 Å². The summed E-state index contributed by atoms with van der Waals surface area (Å²) in [4.78, 5) is 0. The molecule has 0 aromatic carbocycles. The Hall–Kier alpha value is -0.520. The summed E-state index contributed by atoms with van der Waals surface area (Å²) >= 11 is 0. The predicted molar refractivity (Wildman–Crippen MR) is 45.7 cm³/mol. The molecule has 1 aliphatic carbocycles. The van der Waals surface area contributed by atoms with Crippen LogP contribution < -0.4 is 0 Å². The zero-order valence-electron chi connectivity index (χ0n) is 6.42. The summed E-state index contributed by atoms with van der Waals surface area (Å²) in [5.74, 6) is 0. The standard InChI is InChI=1S/C10H15/c1-2-4-6-8-10-9-7-5-3-1/h1-3,6,8H,4-5,7,9-10H2/b2-1+,8-6-. The van der Waals surface area contributed by atoms with Gasteiger partial charge in [0.1, 0.15) is 0 Å². The van der Waals surface area contributed by atoms with Crippen molar-refractivity contribution in [2.75, 3.05) is 0 Å². The van der Waals surface area contributed by atoms with Crippen LogP contribution in [0.15, 0.2) is 24.3 Å². The maximum absolute atomic E-state index is 2.29. The summed E-state index contributed by atoms with van der Waals surface area (Å²) in [6.45, 7) is 0. The van der Waals surface area contributed by atoms with Gasteiger partial charge in [-0.1, -0.05) is 30.7 Å². The molecule has 10 heavy (non-hydrogen) atoms. The SMILES string of the molecule is [CH]1/C=C/C/C=C\CCCC1. The van der Waals surface area contributed by atoms with Gasteiger partial charge < -0.3 is 0 Å². The van der Waals surface area contributed by atoms with Gasteiger partial charge in [-0.05, 0) is 32.1 Å². The zero-order valence-corrected chi connectivity index (χ0v) is 6.42. The molecule has 0 heteroatoms. The van der Waals surface area contributed by atoms with Crippen molar-refractivity contribution in [1.29, 1.82) is 0 Å². The lowest BCUT2D eigenvalue weighted by Gasteiger charge is -1.96. The molecule has 55 valence electrons. The fraction of sp³-hybridized carbons (Fsp3) is 0.500. The molecule has 0 bridgehead atoms. The third-order valence-electron chi connectivity index (χ3n) is 1.70. The van der Waals surface area contributed by atoms with Gasteiger partial charge in [-0.3, -0.25) is 0 Å². The minimum Gasteiger partial charge on any atom is -0.0882 e. The van der Waals surface area contributed by atoms with Gasteiger partial charge >= 0.3 is 0 Å². The van der Waals surface area contributed by atoms with Crippen molar-refractivity contribution in [2.45, 2.75) is 32.1 Å². The summed E-state index contributed by atoms with van der Waals surface area (Å²) in [6, 6.07) is 0. The topological polar surface area (TPSA) is 0 Å². The highest BCUT2D eigenvalue weighted by Gasteiger charge is 1.87. The normalized spacial score (nSPS) is 27.2. The molecule has 0 aromatic heterocycles. The average Bonchev–Trinajstić information content (AvgIpc) is 2.01. The van der Waals surface area contributed by atoms with Crippen LogP contribution in [0, 0.1) is 6.42 Å². The molecule has 0 atom stereocenters. The third kappa shape index (κ3) is 3.49. The zero-order chi connectivity index (χ0) is 7.07. The number of hydrogen-bond acceptors (Lipinski definition) is 0. The van der Waals surface area contributed by atoms with E-state index in [4.69, 9.17) is 0 Å². The molecule has 0 unspecified atom stereocenters. The van der Waals surface area contributed by atoms with E-state index in [2.05, 4.69) is 30.7 Å². The fourth-order valence-corrected chi connectivity index (χ4v) is 1.09. The Morgan fingerprint density at radius 1 is 0.800 bits per heavy atom. The van der Waals surface area contributed by atoms with Crippen molar-refractivity contribution in [3.63, 3.8) is 0 Å². The Labute approximate surface area is 63.6 Å². The maximum atomic E-state index is 2.29. The van der Waals surface area contributed by atoms with Gasteiger partial charge in [-0.25, -0.2) is 0 Å². The fourth-order valence-electron chi connectivity index (χ4n) is 1.09. The molecule has 1 aliphatic rings. The lowest BCUT2D eigenvalue weighted by molar-refractivity contribution is 0.745. The average molecular weight is 135 g/mol. The Kier molecular flexibility index (Phi) is 4.00. The van der Waals surface area contributed by atoms with Crippen LogP contribution in [-0.2, 0) is 0 Å². The maximum Gasteiger partial charge on any atom is -0.0169 e. The van der Waals surface area contributed by atoms with E-state index in [-0.39, 0.29) is 0 Å². The van der Waals surface area contributed by atoms with E-state index in [9.17, 15) is 0 Å². The van der Waals surface area contributed by atoms with E-state index >= 15 is 0 Å². The second-order valence-corrected chi connectivity index (χ2v) is 2.66. The van der Waals surface area contributed by atoms with Gasteiger partial charge in [-0.15, -0.1) is 0 Å². The molecule has 1 rings (SSSR count). The molecule has 0 nitrogen and oxygen atoms in total. The van der Waals surface area contributed by atoms with Crippen molar-refractivity contribution < 1.29 is 0 Å². The van der Waals surface area contributed by atoms with Crippen molar-refractivity contribution in [2.24, 2.45) is 0 Å². The quantitative estimate of drug-likeness (QED) is 0.447. The van der Waals surface area contributed by atoms with E-state index in [1.54, 1.807) is 0 Å². The van der Waals surface area contributed by atoms with Crippen LogP contribution in [0.5, 0.6) is 0 Å². The first-order chi connectivity index (χ1) is 5.00. The predicted octanol–water partition coefficient (Wildman–Crippen LogP) is 3.27. The van der Waals surface area contributed by atoms with Crippen LogP contribution >= 0.6 is 0 Å². The minimum absolute atomic E-state index is 1.11. The molecule has 0 N–H and O–H groups in total. The van der Waals surface area contributed by atoms with Gasteiger partial charge in [0.15, 0.2) is 0 Å². The van der Waals surface area contributed by atoms with Crippen LogP contribution in [0.25, 0.3) is 0 Å². The molecule has 0 heterocycles. The molecule has 0 saturated carbocycles. The van der Waals surface area contributed by atoms with Crippen LogP contribution in [0.1, 0.15) is 32.1 Å². The largest absolute Gasteiger partial charge is 0.0882 e. The third-order valence-corrected chi connectivity index (χ3v) is 1.70. The second-order valence-electron chi connectivity index (χ2n) is 2.66. The van der Waals surface area contributed by atoms with Crippen LogP contribution in [0.3, 0.4) is 0 Å². The number of allylic oxidation sites excluding steroid dienone is 4. The number of hydrogen-bond donors (Lipinski definition) is 0. The molecule has 0 fully saturated rings. The summed E-state index contributed by atoms with van der Waals surface area (Å²) in [5, 5.41) is 0. The van der Waals surface area contributed by atoms with E-state index in [0.29, 0.717) is 0 Å². The Bertz CT molecular complexity index is 106. The lowest BCUT2D eigenvalue weighted by Crippen LogP contribution is -1.77. The Morgan fingerprint density at radius 2 is 1.70 bits per heavy atom. The monoisotopic (exact) mass is 135 g/mol. The summed E-state index contributed by atoms with van der Waals surface area (Å²) in [5.41, 5.74) is 0. The van der Waals surface area contributed by atoms with Crippen molar-refractivity contribution in [1.82, 2.24) is 0 Å². The summed E-state index contributed by atoms with van der Waals surface area (Å²) in [6.07, 6.45) is 17.5. The smallest absolute Gasteiger partial charge is 0.0169 e. The molecule has 0 spiro atoms. The van der Waals surface area contributed by atoms with Gasteiger partial charge in [0.2, 0.25) is 0 Å². The Balaban J connectivity index is 2.25. The highest BCUT2D eigenvalue weighted by atomic mass is 13.9. The van der Waals surface area contributed by atoms with Crippen LogP contribution in [-0.4, -0.2) is 0 Å². The lowest BCUT2D eigenvalue weighted by atomic mass is 10.1. The van der Waals surface area contributed by atoms with Gasteiger partial charge in [0, 0.05) is 0 Å². The van der Waals surface area contributed by atoms with E-state index in [1.165, 1.54) is 25.7 Å². The van der Waals surface area contributed by atoms with Gasteiger partial charge in [-0.2, -0.15) is 0 Å². The first-order valence-corrected chi connectivity index (χ1v) is 4.13. The summed E-state index contributed by atoms with van der Waals surface area (Å²) in [7, 11) is 0. The van der Waals surface area contributed by atoms with E-state index < -0.39 is 0 Å². The molecule has 1 radical (unpaired) electrons. The first-order valence-electron chi connectivity index (χ1n) is 4.13. The molecule has 0 saturated heterocycles. The minimum atomic E-state index is 1.11. The highest BCUT2D eigenvalue weighted by molar-refractivity contribution is 5.00.